The number of aromatic amines is 1. The van der Waals surface area contributed by atoms with Crippen LogP contribution in [-0.2, 0) is 4.79 Å². The van der Waals surface area contributed by atoms with Crippen LogP contribution in [0.4, 0.5) is 0 Å². The predicted molar refractivity (Wildman–Crippen MR) is 104 cm³/mol. The number of aromatic nitrogens is 2. The molecule has 26 heavy (non-hydrogen) atoms. The molecule has 1 unspecified atom stereocenters. The Morgan fingerprint density at radius 3 is 2.62 bits per heavy atom. The number of H-pyrrole nitrogens is 1. The minimum Gasteiger partial charge on any atom is -0.350 e. The molecular weight excluding hydrogens is 328 g/mol. The van der Waals surface area contributed by atoms with Gasteiger partial charge in [0.1, 0.15) is 0 Å². The summed E-state index contributed by atoms with van der Waals surface area (Å²) in [6, 6.07) is 7.85. The minimum absolute atomic E-state index is 0.0415. The molecule has 1 aliphatic rings. The van der Waals surface area contributed by atoms with E-state index in [1.807, 2.05) is 49.6 Å². The highest BCUT2D eigenvalue weighted by atomic mass is 16.2. The maximum Gasteiger partial charge on any atom is 0.326 e. The predicted octanol–water partition coefficient (Wildman–Crippen LogP) is 2.66. The minimum atomic E-state index is -0.180. The van der Waals surface area contributed by atoms with Gasteiger partial charge in [-0.2, -0.15) is 0 Å². The van der Waals surface area contributed by atoms with Gasteiger partial charge in [-0.15, -0.1) is 0 Å². The Morgan fingerprint density at radius 1 is 1.31 bits per heavy atom. The van der Waals surface area contributed by atoms with Crippen molar-refractivity contribution in [3.63, 3.8) is 0 Å². The molecule has 1 saturated heterocycles. The Kier molecular flexibility index (Phi) is 5.23. The van der Waals surface area contributed by atoms with Gasteiger partial charge in [0.15, 0.2) is 0 Å². The van der Waals surface area contributed by atoms with Gasteiger partial charge in [0, 0.05) is 24.7 Å². The molecule has 1 aromatic carbocycles. The normalized spacial score (nSPS) is 18.2. The fourth-order valence-corrected chi connectivity index (χ4v) is 3.66. The second-order valence-electron chi connectivity index (χ2n) is 7.99. The van der Waals surface area contributed by atoms with E-state index in [1.54, 1.807) is 0 Å². The summed E-state index contributed by atoms with van der Waals surface area (Å²) in [7, 11) is 0. The summed E-state index contributed by atoms with van der Waals surface area (Å²) in [6.45, 7) is 9.78. The molecule has 0 radical (unpaired) electrons. The molecule has 6 nitrogen and oxygen atoms in total. The summed E-state index contributed by atoms with van der Waals surface area (Å²) < 4.78 is 1.89. The van der Waals surface area contributed by atoms with Crippen molar-refractivity contribution in [1.82, 2.24) is 19.8 Å². The van der Waals surface area contributed by atoms with E-state index in [9.17, 15) is 9.59 Å². The quantitative estimate of drug-likeness (QED) is 0.863. The van der Waals surface area contributed by atoms with Crippen LogP contribution in [0.25, 0.3) is 11.0 Å². The third-order valence-corrected chi connectivity index (χ3v) is 5.76. The number of carbonyl (C=O) groups is 1. The van der Waals surface area contributed by atoms with Crippen LogP contribution >= 0.6 is 0 Å². The molecule has 0 aliphatic carbocycles. The Labute approximate surface area is 154 Å². The Bertz CT molecular complexity index is 828. The number of imidazole rings is 1. The molecule has 0 bridgehead atoms. The van der Waals surface area contributed by atoms with Crippen molar-refractivity contribution in [2.24, 2.45) is 0 Å². The maximum atomic E-state index is 12.5. The topological polar surface area (TPSA) is 70.1 Å². The number of amides is 1. The monoisotopic (exact) mass is 358 g/mol. The van der Waals surface area contributed by atoms with Crippen LogP contribution in [0.5, 0.6) is 0 Å². The summed E-state index contributed by atoms with van der Waals surface area (Å²) in [5, 5.41) is 3.13. The number of hydrogen-bond acceptors (Lipinski definition) is 3. The molecule has 1 aromatic heterocycles. The first-order valence-corrected chi connectivity index (χ1v) is 9.57. The number of piperidine rings is 1. The summed E-state index contributed by atoms with van der Waals surface area (Å²) in [6.07, 6.45) is 2.64. The van der Waals surface area contributed by atoms with E-state index in [0.29, 0.717) is 0 Å². The second-order valence-corrected chi connectivity index (χ2v) is 7.99. The first-order chi connectivity index (χ1) is 12.3. The number of likely N-dealkylation sites (tertiary alicyclic amines) is 1. The highest BCUT2D eigenvalue weighted by Gasteiger charge is 2.30. The van der Waals surface area contributed by atoms with Gasteiger partial charge in [-0.25, -0.2) is 4.79 Å². The summed E-state index contributed by atoms with van der Waals surface area (Å²) in [5.41, 5.74) is 1.63. The van der Waals surface area contributed by atoms with Gasteiger partial charge >= 0.3 is 5.69 Å². The van der Waals surface area contributed by atoms with E-state index >= 15 is 0 Å². The third-order valence-electron chi connectivity index (χ3n) is 5.76. The lowest BCUT2D eigenvalue weighted by Gasteiger charge is -2.37. The number of nitrogens with one attached hydrogen (secondary N) is 2. The van der Waals surface area contributed by atoms with Crippen LogP contribution in [-0.4, -0.2) is 45.0 Å². The Morgan fingerprint density at radius 2 is 1.96 bits per heavy atom. The summed E-state index contributed by atoms with van der Waals surface area (Å²) >= 11 is 0. The van der Waals surface area contributed by atoms with E-state index < -0.39 is 0 Å². The largest absolute Gasteiger partial charge is 0.350 e. The van der Waals surface area contributed by atoms with Gasteiger partial charge < -0.3 is 10.3 Å². The van der Waals surface area contributed by atoms with Crippen molar-refractivity contribution >= 4 is 16.9 Å². The van der Waals surface area contributed by atoms with E-state index in [0.717, 1.165) is 43.4 Å². The summed E-state index contributed by atoms with van der Waals surface area (Å²) in [5.74, 6) is 0.0829. The van der Waals surface area contributed by atoms with Crippen LogP contribution in [0, 0.1) is 0 Å². The average molecular weight is 358 g/mol. The molecule has 0 saturated carbocycles. The van der Waals surface area contributed by atoms with Crippen molar-refractivity contribution in [2.75, 3.05) is 13.1 Å². The molecule has 142 valence electrons. The molecular formula is C20H30N4O2. The maximum absolute atomic E-state index is 12.5. The molecule has 1 atom stereocenters. The van der Waals surface area contributed by atoms with E-state index in [2.05, 4.69) is 22.1 Å². The molecule has 6 heteroatoms. The zero-order valence-electron chi connectivity index (χ0n) is 16.2. The first kappa shape index (κ1) is 18.7. The van der Waals surface area contributed by atoms with Crippen LogP contribution in [0.3, 0.4) is 0 Å². The number of carbonyl (C=O) groups excluding carboxylic acids is 1. The smallest absolute Gasteiger partial charge is 0.326 e. The van der Waals surface area contributed by atoms with Crippen LogP contribution < -0.4 is 11.0 Å². The second kappa shape index (κ2) is 7.27. The van der Waals surface area contributed by atoms with Crippen molar-refractivity contribution < 1.29 is 4.79 Å². The van der Waals surface area contributed by atoms with Gasteiger partial charge in [-0.05, 0) is 52.2 Å². The zero-order chi connectivity index (χ0) is 18.9. The van der Waals surface area contributed by atoms with Crippen molar-refractivity contribution in [3.05, 3.63) is 34.7 Å². The third kappa shape index (κ3) is 3.70. The molecule has 2 aromatic rings. The lowest BCUT2D eigenvalue weighted by atomic mass is 10.00. The van der Waals surface area contributed by atoms with E-state index in [4.69, 9.17) is 0 Å². The van der Waals surface area contributed by atoms with Gasteiger partial charge in [-0.1, -0.05) is 19.1 Å². The van der Waals surface area contributed by atoms with Gasteiger partial charge in [0.2, 0.25) is 5.91 Å². The van der Waals surface area contributed by atoms with Gasteiger partial charge in [0.25, 0.3) is 0 Å². The van der Waals surface area contributed by atoms with E-state index in [1.165, 1.54) is 0 Å². The molecule has 3 rings (SSSR count). The number of benzene rings is 1. The van der Waals surface area contributed by atoms with Gasteiger partial charge in [-0.3, -0.25) is 14.3 Å². The highest BCUT2D eigenvalue weighted by molar-refractivity contribution is 5.82. The highest BCUT2D eigenvalue weighted by Crippen LogP contribution is 2.26. The number of para-hydroxylation sites is 2. The fraction of sp³-hybridized carbons (Fsp3) is 0.600. The number of hydrogen-bond donors (Lipinski definition) is 2. The molecule has 0 spiro atoms. The van der Waals surface area contributed by atoms with Crippen LogP contribution in [0.2, 0.25) is 0 Å². The lowest BCUT2D eigenvalue weighted by molar-refractivity contribution is -0.128. The van der Waals surface area contributed by atoms with Crippen molar-refractivity contribution in [2.45, 2.75) is 64.6 Å². The van der Waals surface area contributed by atoms with Crippen molar-refractivity contribution in [3.8, 4) is 0 Å². The molecule has 2 N–H and O–H groups in total. The number of nitrogens with zero attached hydrogens (tertiary/aromatic N) is 2. The van der Waals surface area contributed by atoms with Crippen molar-refractivity contribution in [1.29, 1.82) is 0 Å². The Hall–Kier alpha value is -2.08. The van der Waals surface area contributed by atoms with Crippen LogP contribution in [0.15, 0.2) is 29.1 Å². The summed E-state index contributed by atoms with van der Waals surface area (Å²) in [4.78, 5) is 30.1. The fourth-order valence-electron chi connectivity index (χ4n) is 3.66. The molecule has 2 heterocycles. The SMILES string of the molecule is CCC(C)(C)NC(=O)C(C)N1CCC(n2c(=O)[nH]c3ccccc32)CC1. The van der Waals surface area contributed by atoms with E-state index in [-0.39, 0.29) is 29.2 Å². The molecule has 1 amide bonds. The lowest BCUT2D eigenvalue weighted by Crippen LogP contribution is -2.53. The standard InChI is InChI=1S/C20H30N4O2/c1-5-20(3,4)22-18(25)14(2)23-12-10-15(11-13-23)24-17-9-7-6-8-16(17)21-19(24)26/h6-9,14-15H,5,10-13H2,1-4H3,(H,21,26)(H,22,25). The average Bonchev–Trinajstić information content (AvgIpc) is 2.96. The molecule has 1 fully saturated rings. The zero-order valence-corrected chi connectivity index (χ0v) is 16.2. The molecule has 1 aliphatic heterocycles. The Balaban J connectivity index is 1.66. The number of fused-ring (bicyclic) bond motifs is 1. The number of rotatable bonds is 5. The first-order valence-electron chi connectivity index (χ1n) is 9.57. The van der Waals surface area contributed by atoms with Gasteiger partial charge in [0.05, 0.1) is 17.1 Å². The van der Waals surface area contributed by atoms with Crippen LogP contribution in [0.1, 0.15) is 53.0 Å².